The molecule has 3 nitrogen and oxygen atoms in total. The van der Waals surface area contributed by atoms with E-state index in [2.05, 4.69) is 22.2 Å². The Bertz CT molecular complexity index is 760. The molecule has 2 aromatic carbocycles. The van der Waals surface area contributed by atoms with Gasteiger partial charge in [-0.25, -0.2) is 0 Å². The lowest BCUT2D eigenvalue weighted by molar-refractivity contribution is 0.677. The maximum atomic E-state index is 5.89. The number of aromatic amines is 1. The van der Waals surface area contributed by atoms with Crippen LogP contribution in [0.3, 0.4) is 0 Å². The highest BCUT2D eigenvalue weighted by molar-refractivity contribution is 7.71. The average molecular weight is 302 g/mol. The summed E-state index contributed by atoms with van der Waals surface area (Å²) in [7, 11) is 0. The molecule has 0 spiro atoms. The molecule has 1 N–H and O–H groups in total. The highest BCUT2D eigenvalue weighted by Crippen LogP contribution is 2.18. The van der Waals surface area contributed by atoms with Gasteiger partial charge in [-0.05, 0) is 42.0 Å². The lowest BCUT2D eigenvalue weighted by atomic mass is 10.2. The maximum absolute atomic E-state index is 5.89. The van der Waals surface area contributed by atoms with Crippen molar-refractivity contribution in [3.63, 3.8) is 0 Å². The lowest BCUT2D eigenvalue weighted by Crippen LogP contribution is -2.01. The smallest absolute Gasteiger partial charge is 0.216 e. The summed E-state index contributed by atoms with van der Waals surface area (Å²) in [4.78, 5) is 4.39. The van der Waals surface area contributed by atoms with Gasteiger partial charge in [0.25, 0.3) is 0 Å². The molecule has 0 aliphatic carbocycles. The van der Waals surface area contributed by atoms with E-state index in [0.717, 1.165) is 11.4 Å². The Balaban J connectivity index is 1.91. The predicted molar refractivity (Wildman–Crippen MR) is 83.4 cm³/mol. The first-order valence-electron chi connectivity index (χ1n) is 6.19. The number of hydrogen-bond donors (Lipinski definition) is 1. The molecular formula is C15H12ClN3S. The van der Waals surface area contributed by atoms with Gasteiger partial charge in [0.15, 0.2) is 5.82 Å². The first-order valence-corrected chi connectivity index (χ1v) is 6.98. The molecule has 0 unspecified atom stereocenters. The third kappa shape index (κ3) is 2.81. The average Bonchev–Trinajstić information content (AvgIpc) is 2.82. The number of hydrogen-bond acceptors (Lipinski definition) is 2. The molecule has 3 aromatic rings. The van der Waals surface area contributed by atoms with E-state index in [-0.39, 0.29) is 0 Å². The third-order valence-corrected chi connectivity index (χ3v) is 3.54. The minimum Gasteiger partial charge on any atom is -0.279 e. The fourth-order valence-corrected chi connectivity index (χ4v) is 2.29. The number of nitrogens with zero attached hydrogens (tertiary/aromatic N) is 2. The number of benzene rings is 2. The predicted octanol–water partition coefficient (Wildman–Crippen LogP) is 4.31. The fraction of sp³-hybridized carbons (Fsp3) is 0.0667. The van der Waals surface area contributed by atoms with Crippen molar-refractivity contribution in [3.8, 4) is 11.4 Å². The summed E-state index contributed by atoms with van der Waals surface area (Å²) in [6, 6.07) is 17.6. The van der Waals surface area contributed by atoms with Gasteiger partial charge in [0.05, 0.1) is 6.54 Å². The molecule has 0 radical (unpaired) electrons. The quantitative estimate of drug-likeness (QED) is 0.731. The molecule has 5 heteroatoms. The Hall–Kier alpha value is -1.91. The normalized spacial score (nSPS) is 10.7. The number of rotatable bonds is 3. The van der Waals surface area contributed by atoms with Gasteiger partial charge in [-0.2, -0.15) is 4.98 Å². The first-order chi connectivity index (χ1) is 9.72. The molecule has 0 saturated heterocycles. The number of aromatic nitrogens is 3. The summed E-state index contributed by atoms with van der Waals surface area (Å²) in [5.41, 5.74) is 2.14. The van der Waals surface area contributed by atoms with Crippen molar-refractivity contribution in [1.82, 2.24) is 14.8 Å². The van der Waals surface area contributed by atoms with E-state index in [9.17, 15) is 0 Å². The molecular weight excluding hydrogens is 290 g/mol. The summed E-state index contributed by atoms with van der Waals surface area (Å²) in [5, 5.41) is 3.93. The van der Waals surface area contributed by atoms with E-state index in [1.165, 1.54) is 5.56 Å². The van der Waals surface area contributed by atoms with Crippen molar-refractivity contribution < 1.29 is 0 Å². The molecule has 0 saturated carbocycles. The Kier molecular flexibility index (Phi) is 3.67. The van der Waals surface area contributed by atoms with Gasteiger partial charge in [-0.3, -0.25) is 9.78 Å². The van der Waals surface area contributed by atoms with Crippen molar-refractivity contribution in [2.24, 2.45) is 0 Å². The molecule has 0 aliphatic rings. The Morgan fingerprint density at radius 1 is 1.05 bits per heavy atom. The van der Waals surface area contributed by atoms with Crippen LogP contribution in [0.15, 0.2) is 54.6 Å². The highest BCUT2D eigenvalue weighted by atomic mass is 35.5. The van der Waals surface area contributed by atoms with Gasteiger partial charge in [-0.15, -0.1) is 0 Å². The summed E-state index contributed by atoms with van der Waals surface area (Å²) >= 11 is 11.2. The van der Waals surface area contributed by atoms with E-state index in [1.54, 1.807) is 0 Å². The largest absolute Gasteiger partial charge is 0.279 e. The van der Waals surface area contributed by atoms with Crippen LogP contribution in [0.25, 0.3) is 11.4 Å². The highest BCUT2D eigenvalue weighted by Gasteiger charge is 2.05. The van der Waals surface area contributed by atoms with E-state index in [0.29, 0.717) is 16.3 Å². The molecule has 0 fully saturated rings. The monoisotopic (exact) mass is 301 g/mol. The van der Waals surface area contributed by atoms with E-state index >= 15 is 0 Å². The third-order valence-electron chi connectivity index (χ3n) is 2.98. The van der Waals surface area contributed by atoms with Gasteiger partial charge in [0.2, 0.25) is 4.77 Å². The van der Waals surface area contributed by atoms with Gasteiger partial charge in [0, 0.05) is 10.6 Å². The minimum absolute atomic E-state index is 0.541. The SMILES string of the molecule is S=c1nc(-c2ccc(Cl)cc2)[nH]n1Cc1ccccc1. The second-order valence-electron chi connectivity index (χ2n) is 4.43. The van der Waals surface area contributed by atoms with Crippen molar-refractivity contribution in [3.05, 3.63) is 70.0 Å². The van der Waals surface area contributed by atoms with Crippen LogP contribution < -0.4 is 0 Å². The Morgan fingerprint density at radius 2 is 1.75 bits per heavy atom. The molecule has 1 heterocycles. The van der Waals surface area contributed by atoms with Crippen LogP contribution >= 0.6 is 23.8 Å². The zero-order chi connectivity index (χ0) is 13.9. The number of H-pyrrole nitrogens is 1. The van der Waals surface area contributed by atoms with Crippen molar-refractivity contribution in [1.29, 1.82) is 0 Å². The molecule has 20 heavy (non-hydrogen) atoms. The van der Waals surface area contributed by atoms with E-state index < -0.39 is 0 Å². The molecule has 0 amide bonds. The lowest BCUT2D eigenvalue weighted by Gasteiger charge is -2.02. The summed E-state index contributed by atoms with van der Waals surface area (Å²) < 4.78 is 2.40. The second-order valence-corrected chi connectivity index (χ2v) is 5.24. The van der Waals surface area contributed by atoms with Crippen LogP contribution in [0.5, 0.6) is 0 Å². The van der Waals surface area contributed by atoms with Gasteiger partial charge >= 0.3 is 0 Å². The fourth-order valence-electron chi connectivity index (χ4n) is 1.97. The van der Waals surface area contributed by atoms with Crippen molar-refractivity contribution in [2.75, 3.05) is 0 Å². The molecule has 0 atom stereocenters. The Labute approximate surface area is 126 Å². The zero-order valence-electron chi connectivity index (χ0n) is 10.6. The van der Waals surface area contributed by atoms with Crippen LogP contribution in [0.2, 0.25) is 5.02 Å². The molecule has 0 aliphatic heterocycles. The van der Waals surface area contributed by atoms with Crippen molar-refractivity contribution in [2.45, 2.75) is 6.54 Å². The molecule has 100 valence electrons. The summed E-state index contributed by atoms with van der Waals surface area (Å²) in [6.45, 7) is 0.681. The van der Waals surface area contributed by atoms with Crippen LogP contribution in [0.4, 0.5) is 0 Å². The van der Waals surface area contributed by atoms with Gasteiger partial charge < -0.3 is 0 Å². The zero-order valence-corrected chi connectivity index (χ0v) is 12.2. The summed E-state index contributed by atoms with van der Waals surface area (Å²) in [6.07, 6.45) is 0. The number of nitrogens with one attached hydrogen (secondary N) is 1. The van der Waals surface area contributed by atoms with Crippen molar-refractivity contribution >= 4 is 23.8 Å². The standard InChI is InChI=1S/C15H12ClN3S/c16-13-8-6-12(7-9-13)14-17-15(20)19(18-14)10-11-4-2-1-3-5-11/h1-9H,10H2,(H,17,18,20). The molecule has 3 rings (SSSR count). The van der Waals surface area contributed by atoms with Gasteiger partial charge in [0.1, 0.15) is 0 Å². The number of halogens is 1. The van der Waals surface area contributed by atoms with Crippen LogP contribution in [0.1, 0.15) is 5.56 Å². The Morgan fingerprint density at radius 3 is 2.45 bits per heavy atom. The first kappa shape index (κ1) is 13.1. The minimum atomic E-state index is 0.541. The second kappa shape index (κ2) is 5.61. The van der Waals surface area contributed by atoms with E-state index in [1.807, 2.05) is 47.1 Å². The van der Waals surface area contributed by atoms with Crippen LogP contribution in [-0.2, 0) is 6.54 Å². The van der Waals surface area contributed by atoms with Gasteiger partial charge in [-0.1, -0.05) is 41.9 Å². The van der Waals surface area contributed by atoms with Crippen LogP contribution in [-0.4, -0.2) is 14.8 Å². The van der Waals surface area contributed by atoms with Crippen LogP contribution in [0, 0.1) is 4.77 Å². The molecule has 0 bridgehead atoms. The summed E-state index contributed by atoms with van der Waals surface area (Å²) in [5.74, 6) is 0.752. The van der Waals surface area contributed by atoms with E-state index in [4.69, 9.17) is 23.8 Å². The maximum Gasteiger partial charge on any atom is 0.216 e. The molecule has 1 aromatic heterocycles. The topological polar surface area (TPSA) is 33.6 Å².